The highest BCUT2D eigenvalue weighted by molar-refractivity contribution is 7.93. The third-order valence-electron chi connectivity index (χ3n) is 2.62. The Kier molecular flexibility index (Phi) is 4.44. The van der Waals surface area contributed by atoms with Crippen molar-refractivity contribution in [3.8, 4) is 0 Å². The van der Waals surface area contributed by atoms with Gasteiger partial charge in [0.2, 0.25) is 9.84 Å². The molecule has 0 aromatic heterocycles. The summed E-state index contributed by atoms with van der Waals surface area (Å²) in [4.78, 5) is 8.85. The van der Waals surface area contributed by atoms with E-state index in [0.717, 1.165) is 7.11 Å². The number of methoxy groups -OCH3 is 1. The summed E-state index contributed by atoms with van der Waals surface area (Å²) in [5.41, 5.74) is 5.29. The number of carbonyl (C=O) groups is 1. The molecule has 0 spiro atoms. The van der Waals surface area contributed by atoms with Crippen molar-refractivity contribution in [3.63, 3.8) is 0 Å². The van der Waals surface area contributed by atoms with Crippen LogP contribution in [0, 0.1) is 0 Å². The number of sulfone groups is 1. The molecule has 0 bridgehead atoms. The van der Waals surface area contributed by atoms with Crippen LogP contribution in [0.25, 0.3) is 0 Å². The van der Waals surface area contributed by atoms with Crippen molar-refractivity contribution in [2.45, 2.75) is 16.2 Å². The van der Waals surface area contributed by atoms with E-state index >= 15 is 0 Å². The molecule has 0 fully saturated rings. The minimum atomic E-state index is -4.18. The van der Waals surface area contributed by atoms with Crippen LogP contribution in [0.3, 0.4) is 0 Å². The molecule has 1 aromatic rings. The van der Waals surface area contributed by atoms with Crippen LogP contribution in [-0.2, 0) is 19.4 Å². The molecule has 0 saturated heterocycles. The Morgan fingerprint density at radius 1 is 1.39 bits per heavy atom. The van der Waals surface area contributed by atoms with Gasteiger partial charge in [0.15, 0.2) is 0 Å². The van der Waals surface area contributed by atoms with Gasteiger partial charge in [-0.1, -0.05) is 18.2 Å². The monoisotopic (exact) mass is 273 g/mol. The lowest BCUT2D eigenvalue weighted by Gasteiger charge is -2.27. The van der Waals surface area contributed by atoms with Crippen LogP contribution in [0.4, 0.5) is 0 Å². The summed E-state index contributed by atoms with van der Waals surface area (Å²) >= 11 is 0. The molecule has 0 radical (unpaired) electrons. The van der Waals surface area contributed by atoms with E-state index in [1.54, 1.807) is 6.07 Å². The predicted molar refractivity (Wildman–Crippen MR) is 64.7 cm³/mol. The van der Waals surface area contributed by atoms with E-state index in [0.29, 0.717) is 0 Å². The van der Waals surface area contributed by atoms with Crippen molar-refractivity contribution < 1.29 is 23.1 Å². The van der Waals surface area contributed by atoms with Gasteiger partial charge in [-0.3, -0.25) is 0 Å². The molecular formula is C11H15NO5S. The van der Waals surface area contributed by atoms with Gasteiger partial charge in [-0.05, 0) is 18.7 Å². The average Bonchev–Trinajstić information content (AvgIpc) is 2.36. The molecule has 0 aliphatic carbocycles. The number of hydrogen-bond donors (Lipinski definition) is 2. The molecule has 0 saturated carbocycles. The van der Waals surface area contributed by atoms with Crippen molar-refractivity contribution in [1.82, 2.24) is 0 Å². The zero-order valence-electron chi connectivity index (χ0n) is 9.87. The normalized spacial score (nSPS) is 15.0. The van der Waals surface area contributed by atoms with Crippen molar-refractivity contribution in [3.05, 3.63) is 30.3 Å². The number of ether oxygens (including phenoxy) is 1. The molecule has 7 heteroatoms. The van der Waals surface area contributed by atoms with Crippen LogP contribution in [-0.4, -0.2) is 38.1 Å². The Hall–Kier alpha value is -1.44. The summed E-state index contributed by atoms with van der Waals surface area (Å²) in [7, 11) is -3.13. The van der Waals surface area contributed by atoms with E-state index in [9.17, 15) is 18.3 Å². The van der Waals surface area contributed by atoms with Gasteiger partial charge in [0.05, 0.1) is 4.90 Å². The van der Waals surface area contributed by atoms with Gasteiger partial charge in [-0.25, -0.2) is 13.2 Å². The summed E-state index contributed by atoms with van der Waals surface area (Å²) in [6.45, 7) is -0.119. The van der Waals surface area contributed by atoms with Gasteiger partial charge >= 0.3 is 5.97 Å². The lowest BCUT2D eigenvalue weighted by molar-refractivity contribution is -0.152. The maximum Gasteiger partial charge on any atom is 0.352 e. The lowest BCUT2D eigenvalue weighted by Crippen LogP contribution is -2.49. The fourth-order valence-corrected chi connectivity index (χ4v) is 3.37. The van der Waals surface area contributed by atoms with E-state index in [2.05, 4.69) is 0 Å². The van der Waals surface area contributed by atoms with Crippen LogP contribution >= 0.6 is 0 Å². The second-order valence-electron chi connectivity index (χ2n) is 3.62. The molecule has 3 N–H and O–H groups in total. The van der Waals surface area contributed by atoms with E-state index in [1.807, 2.05) is 0 Å². The van der Waals surface area contributed by atoms with Gasteiger partial charge in [-0.2, -0.15) is 0 Å². The molecule has 0 amide bonds. The quantitative estimate of drug-likeness (QED) is 0.768. The minimum absolute atomic E-state index is 0.109. The smallest absolute Gasteiger partial charge is 0.352 e. The zero-order valence-corrected chi connectivity index (χ0v) is 10.7. The third kappa shape index (κ3) is 2.24. The van der Waals surface area contributed by atoms with Crippen LogP contribution in [0.5, 0.6) is 0 Å². The second-order valence-corrected chi connectivity index (χ2v) is 5.76. The van der Waals surface area contributed by atoms with Crippen LogP contribution in [0.2, 0.25) is 0 Å². The Bertz CT molecular complexity index is 513. The van der Waals surface area contributed by atoms with Crippen LogP contribution in [0.15, 0.2) is 35.2 Å². The zero-order chi connectivity index (χ0) is 13.8. The summed E-state index contributed by atoms with van der Waals surface area (Å²) in [6, 6.07) is 7.30. The van der Waals surface area contributed by atoms with Crippen molar-refractivity contribution in [2.24, 2.45) is 5.73 Å². The Balaban J connectivity index is 3.42. The molecule has 1 atom stereocenters. The Morgan fingerprint density at radius 3 is 2.33 bits per heavy atom. The van der Waals surface area contributed by atoms with E-state index < -0.39 is 20.7 Å². The first-order valence-electron chi connectivity index (χ1n) is 5.20. The number of aliphatic carboxylic acids is 1. The van der Waals surface area contributed by atoms with Crippen molar-refractivity contribution >= 4 is 15.8 Å². The molecule has 1 rings (SSSR count). The summed E-state index contributed by atoms with van der Waals surface area (Å²) < 4.78 is 29.5. The second kappa shape index (κ2) is 5.47. The highest BCUT2D eigenvalue weighted by Crippen LogP contribution is 2.29. The molecule has 0 aliphatic heterocycles. The van der Waals surface area contributed by atoms with Crippen LogP contribution in [0.1, 0.15) is 6.42 Å². The Labute approximate surface area is 105 Å². The number of carboxylic acid groups (broad SMARTS) is 1. The maximum absolute atomic E-state index is 12.4. The molecule has 0 aliphatic rings. The van der Waals surface area contributed by atoms with Gasteiger partial charge in [0, 0.05) is 13.5 Å². The van der Waals surface area contributed by atoms with Gasteiger partial charge < -0.3 is 15.6 Å². The fourth-order valence-electron chi connectivity index (χ4n) is 1.64. The Morgan fingerprint density at radius 2 is 1.94 bits per heavy atom. The highest BCUT2D eigenvalue weighted by Gasteiger charge is 2.51. The molecular weight excluding hydrogens is 258 g/mol. The van der Waals surface area contributed by atoms with Gasteiger partial charge in [-0.15, -0.1) is 0 Å². The van der Waals surface area contributed by atoms with E-state index in [4.69, 9.17) is 10.5 Å². The SMILES string of the molecule is COC(CCN)(C(=O)O)S(=O)(=O)c1ccccc1. The van der Waals surface area contributed by atoms with E-state index in [-0.39, 0.29) is 17.9 Å². The summed E-state index contributed by atoms with van der Waals surface area (Å²) in [5.74, 6) is -1.57. The summed E-state index contributed by atoms with van der Waals surface area (Å²) in [5, 5.41) is 9.19. The number of benzene rings is 1. The third-order valence-corrected chi connectivity index (χ3v) is 4.92. The first-order valence-corrected chi connectivity index (χ1v) is 6.69. The lowest BCUT2D eigenvalue weighted by atomic mass is 10.2. The van der Waals surface area contributed by atoms with Gasteiger partial charge in [0.25, 0.3) is 4.93 Å². The maximum atomic E-state index is 12.4. The minimum Gasteiger partial charge on any atom is -0.478 e. The molecule has 1 unspecified atom stereocenters. The first kappa shape index (κ1) is 14.6. The number of nitrogens with two attached hydrogens (primary N) is 1. The molecule has 0 heterocycles. The highest BCUT2D eigenvalue weighted by atomic mass is 32.2. The number of rotatable bonds is 6. The molecule has 100 valence electrons. The summed E-state index contributed by atoms with van der Waals surface area (Å²) in [6.07, 6.45) is -0.323. The van der Waals surface area contributed by atoms with Crippen LogP contribution < -0.4 is 5.73 Å². The number of carboxylic acids is 1. The average molecular weight is 273 g/mol. The number of hydrogen-bond acceptors (Lipinski definition) is 5. The van der Waals surface area contributed by atoms with Crippen molar-refractivity contribution in [2.75, 3.05) is 13.7 Å². The fraction of sp³-hybridized carbons (Fsp3) is 0.364. The van der Waals surface area contributed by atoms with Gasteiger partial charge in [0.1, 0.15) is 0 Å². The van der Waals surface area contributed by atoms with E-state index in [1.165, 1.54) is 24.3 Å². The van der Waals surface area contributed by atoms with Crippen molar-refractivity contribution in [1.29, 1.82) is 0 Å². The largest absolute Gasteiger partial charge is 0.478 e. The topological polar surface area (TPSA) is 107 Å². The molecule has 1 aromatic carbocycles. The first-order chi connectivity index (χ1) is 8.42. The molecule has 6 nitrogen and oxygen atoms in total. The standard InChI is InChI=1S/C11H15NO5S/c1-17-11(7-8-12,10(13)14)18(15,16)9-5-3-2-4-6-9/h2-6H,7-8,12H2,1H3,(H,13,14). The molecule has 18 heavy (non-hydrogen) atoms. The predicted octanol–water partition coefficient (Wildman–Crippen LogP) is 0.236.